The highest BCUT2D eigenvalue weighted by atomic mass is 16.1. The van der Waals surface area contributed by atoms with E-state index in [4.69, 9.17) is 0 Å². The van der Waals surface area contributed by atoms with E-state index in [2.05, 4.69) is 32.7 Å². The van der Waals surface area contributed by atoms with E-state index in [0.29, 0.717) is 23.9 Å². The maximum Gasteiger partial charge on any atom is 0.209 e. The van der Waals surface area contributed by atoms with Crippen LogP contribution in [0.5, 0.6) is 0 Å². The van der Waals surface area contributed by atoms with E-state index in [9.17, 15) is 4.79 Å². The van der Waals surface area contributed by atoms with E-state index >= 15 is 0 Å². The molecule has 0 aromatic heterocycles. The van der Waals surface area contributed by atoms with Crippen molar-refractivity contribution >= 4 is 6.41 Å². The Morgan fingerprint density at radius 1 is 1.41 bits per heavy atom. The van der Waals surface area contributed by atoms with Crippen LogP contribution in [0.25, 0.3) is 0 Å². The fourth-order valence-electron chi connectivity index (χ4n) is 3.06. The molecule has 1 saturated heterocycles. The minimum Gasteiger partial charge on any atom is -0.345 e. The molecule has 3 nitrogen and oxygen atoms in total. The van der Waals surface area contributed by atoms with E-state index in [1.807, 2.05) is 11.9 Å². The van der Waals surface area contributed by atoms with Gasteiger partial charge in [0, 0.05) is 19.1 Å². The van der Waals surface area contributed by atoms with Gasteiger partial charge >= 0.3 is 0 Å². The van der Waals surface area contributed by atoms with Gasteiger partial charge in [-0.1, -0.05) is 20.3 Å². The summed E-state index contributed by atoms with van der Waals surface area (Å²) in [6.45, 7) is 8.00. The van der Waals surface area contributed by atoms with Crippen molar-refractivity contribution in [1.29, 1.82) is 0 Å². The lowest BCUT2D eigenvalue weighted by Gasteiger charge is -2.41. The Morgan fingerprint density at radius 3 is 2.59 bits per heavy atom. The molecule has 4 atom stereocenters. The summed E-state index contributed by atoms with van der Waals surface area (Å²) in [5.41, 5.74) is 0. The summed E-state index contributed by atoms with van der Waals surface area (Å²) >= 11 is 0. The van der Waals surface area contributed by atoms with Gasteiger partial charge in [0.2, 0.25) is 6.41 Å². The van der Waals surface area contributed by atoms with E-state index in [1.165, 1.54) is 12.8 Å². The molecule has 1 amide bonds. The molecule has 0 N–H and O–H groups in total. The zero-order chi connectivity index (χ0) is 13.0. The van der Waals surface area contributed by atoms with Crippen LogP contribution < -0.4 is 0 Å². The Morgan fingerprint density at radius 2 is 2.06 bits per heavy atom. The largest absolute Gasteiger partial charge is 0.345 e. The number of hydrogen-bond donors (Lipinski definition) is 0. The third-order valence-electron chi connectivity index (χ3n) is 4.73. The van der Waals surface area contributed by atoms with Gasteiger partial charge in [-0.2, -0.15) is 0 Å². The van der Waals surface area contributed by atoms with Crippen LogP contribution in [0.4, 0.5) is 0 Å². The first-order valence-electron chi connectivity index (χ1n) is 6.88. The Labute approximate surface area is 106 Å². The molecule has 1 aliphatic rings. The number of carbonyl (C=O) groups excluding carboxylic acids is 1. The zero-order valence-electron chi connectivity index (χ0n) is 12.0. The lowest BCUT2D eigenvalue weighted by molar-refractivity contribution is -0.120. The van der Waals surface area contributed by atoms with Crippen LogP contribution in [-0.4, -0.2) is 48.9 Å². The second kappa shape index (κ2) is 6.39. The highest BCUT2D eigenvalue weighted by Crippen LogP contribution is 2.29. The maximum atomic E-state index is 11.0. The summed E-state index contributed by atoms with van der Waals surface area (Å²) in [5.74, 6) is 1.28. The first kappa shape index (κ1) is 14.5. The molecule has 0 radical (unpaired) electrons. The molecule has 1 fully saturated rings. The zero-order valence-corrected chi connectivity index (χ0v) is 12.0. The Bertz CT molecular complexity index is 244. The number of likely N-dealkylation sites (tertiary alicyclic amines) is 1. The second-order valence-electron chi connectivity index (χ2n) is 5.73. The number of hydrogen-bond acceptors (Lipinski definition) is 2. The van der Waals surface area contributed by atoms with Crippen molar-refractivity contribution in [3.05, 3.63) is 0 Å². The van der Waals surface area contributed by atoms with Crippen molar-refractivity contribution < 1.29 is 4.79 Å². The third kappa shape index (κ3) is 3.44. The standard InChI is InChI=1S/C14H28N2O/c1-6-13-9-14(16(5)10-17)11(2)7-8-15(4)12(13)3/h10-14H,6-9H2,1-5H3. The molecule has 3 heteroatoms. The van der Waals surface area contributed by atoms with E-state index < -0.39 is 0 Å². The van der Waals surface area contributed by atoms with Gasteiger partial charge in [0.1, 0.15) is 0 Å². The summed E-state index contributed by atoms with van der Waals surface area (Å²) in [6, 6.07) is 1.03. The molecule has 4 unspecified atom stereocenters. The van der Waals surface area contributed by atoms with Gasteiger partial charge in [-0.15, -0.1) is 0 Å². The topological polar surface area (TPSA) is 23.6 Å². The van der Waals surface area contributed by atoms with Crippen molar-refractivity contribution in [3.63, 3.8) is 0 Å². The molecule has 100 valence electrons. The molecule has 0 saturated carbocycles. The maximum absolute atomic E-state index is 11.0. The fraction of sp³-hybridized carbons (Fsp3) is 0.929. The third-order valence-corrected chi connectivity index (χ3v) is 4.73. The van der Waals surface area contributed by atoms with Gasteiger partial charge in [-0.3, -0.25) is 4.79 Å². The Balaban J connectivity index is 2.81. The number of nitrogens with zero attached hydrogens (tertiary/aromatic N) is 2. The fourth-order valence-corrected chi connectivity index (χ4v) is 3.06. The van der Waals surface area contributed by atoms with Crippen LogP contribution in [0.1, 0.15) is 40.0 Å². The van der Waals surface area contributed by atoms with E-state index in [-0.39, 0.29) is 0 Å². The molecule has 0 bridgehead atoms. The van der Waals surface area contributed by atoms with Gasteiger partial charge in [0.05, 0.1) is 0 Å². The second-order valence-corrected chi connectivity index (χ2v) is 5.73. The molecular formula is C14H28N2O. The molecule has 0 aromatic carbocycles. The smallest absolute Gasteiger partial charge is 0.209 e. The molecule has 1 rings (SSSR count). The SMILES string of the molecule is CCC1CC(N(C)C=O)C(C)CCN(C)C1C. The van der Waals surface area contributed by atoms with Crippen LogP contribution in [0.2, 0.25) is 0 Å². The molecule has 0 aromatic rings. The average molecular weight is 240 g/mol. The van der Waals surface area contributed by atoms with Gasteiger partial charge in [-0.05, 0) is 45.2 Å². The van der Waals surface area contributed by atoms with Crippen molar-refractivity contribution in [2.24, 2.45) is 11.8 Å². The predicted octanol–water partition coefficient (Wildman–Crippen LogP) is 2.22. The minimum atomic E-state index is 0.411. The number of amides is 1. The van der Waals surface area contributed by atoms with Crippen LogP contribution in [0.15, 0.2) is 0 Å². The summed E-state index contributed by atoms with van der Waals surface area (Å²) in [6.07, 6.45) is 4.50. The van der Waals surface area contributed by atoms with Gasteiger partial charge in [-0.25, -0.2) is 0 Å². The first-order chi connectivity index (χ1) is 8.01. The molecule has 17 heavy (non-hydrogen) atoms. The highest BCUT2D eigenvalue weighted by molar-refractivity contribution is 5.47. The minimum absolute atomic E-state index is 0.411. The van der Waals surface area contributed by atoms with Gasteiger partial charge in [0.25, 0.3) is 0 Å². The quantitative estimate of drug-likeness (QED) is 0.706. The van der Waals surface area contributed by atoms with Gasteiger partial charge < -0.3 is 9.80 Å². The monoisotopic (exact) mass is 240 g/mol. The predicted molar refractivity (Wildman–Crippen MR) is 71.9 cm³/mol. The molecule has 1 aliphatic heterocycles. The molecule has 0 spiro atoms. The average Bonchev–Trinajstić information content (AvgIpc) is 2.34. The summed E-state index contributed by atoms with van der Waals surface area (Å²) in [5, 5.41) is 0. The van der Waals surface area contributed by atoms with Crippen LogP contribution in [0.3, 0.4) is 0 Å². The normalized spacial score (nSPS) is 36.1. The van der Waals surface area contributed by atoms with E-state index in [0.717, 1.165) is 19.4 Å². The lowest BCUT2D eigenvalue weighted by Crippen LogP contribution is -2.46. The van der Waals surface area contributed by atoms with Crippen molar-refractivity contribution in [1.82, 2.24) is 9.80 Å². The summed E-state index contributed by atoms with van der Waals surface area (Å²) < 4.78 is 0. The highest BCUT2D eigenvalue weighted by Gasteiger charge is 2.31. The summed E-state index contributed by atoms with van der Waals surface area (Å²) in [7, 11) is 4.15. The molecule has 1 heterocycles. The summed E-state index contributed by atoms with van der Waals surface area (Å²) in [4.78, 5) is 15.4. The Hall–Kier alpha value is -0.570. The van der Waals surface area contributed by atoms with Crippen molar-refractivity contribution in [2.45, 2.75) is 52.1 Å². The lowest BCUT2D eigenvalue weighted by atomic mass is 9.82. The van der Waals surface area contributed by atoms with Crippen LogP contribution >= 0.6 is 0 Å². The van der Waals surface area contributed by atoms with E-state index in [1.54, 1.807) is 0 Å². The molecular weight excluding hydrogens is 212 g/mol. The van der Waals surface area contributed by atoms with Crippen LogP contribution in [0, 0.1) is 11.8 Å². The Kier molecular flexibility index (Phi) is 5.44. The van der Waals surface area contributed by atoms with Crippen molar-refractivity contribution in [2.75, 3.05) is 20.6 Å². The molecule has 0 aliphatic carbocycles. The first-order valence-corrected chi connectivity index (χ1v) is 6.88. The van der Waals surface area contributed by atoms with Crippen molar-refractivity contribution in [3.8, 4) is 0 Å². The van der Waals surface area contributed by atoms with Gasteiger partial charge in [0.15, 0.2) is 0 Å². The number of carbonyl (C=O) groups is 1. The van der Waals surface area contributed by atoms with Crippen LogP contribution in [-0.2, 0) is 4.79 Å². The number of rotatable bonds is 3.